The Labute approximate surface area is 154 Å². The van der Waals surface area contributed by atoms with Crippen molar-refractivity contribution in [2.45, 2.75) is 38.6 Å². The molecule has 2 heterocycles. The van der Waals surface area contributed by atoms with E-state index in [0.717, 1.165) is 0 Å². The van der Waals surface area contributed by atoms with Crippen LogP contribution in [-0.2, 0) is 22.5 Å². The number of fused-ring (bicyclic) bond motifs is 1. The van der Waals surface area contributed by atoms with Crippen LogP contribution >= 0.6 is 0 Å². The normalized spacial score (nSPS) is 19.1. The Kier molecular flexibility index (Phi) is 4.99. The summed E-state index contributed by atoms with van der Waals surface area (Å²) in [7, 11) is 0. The van der Waals surface area contributed by atoms with Gasteiger partial charge in [0.05, 0.1) is 18.7 Å². The first kappa shape index (κ1) is 19.0. The molecule has 0 fully saturated rings. The zero-order valence-electron chi connectivity index (χ0n) is 14.9. The highest BCUT2D eigenvalue weighted by atomic mass is 19.4. The van der Waals surface area contributed by atoms with E-state index >= 15 is 0 Å². The first-order valence-corrected chi connectivity index (χ1v) is 8.56. The molecule has 1 aliphatic heterocycles. The molecule has 0 saturated carbocycles. The van der Waals surface area contributed by atoms with E-state index in [1.807, 2.05) is 0 Å². The van der Waals surface area contributed by atoms with Crippen molar-refractivity contribution in [2.75, 3.05) is 6.61 Å². The topological polar surface area (TPSA) is 53.4 Å². The molecule has 0 spiro atoms. The minimum absolute atomic E-state index is 0.0446. The number of carbonyl (C=O) groups excluding carboxylic acids is 1. The number of halogens is 3. The van der Waals surface area contributed by atoms with E-state index < -0.39 is 29.9 Å². The van der Waals surface area contributed by atoms with E-state index in [1.165, 1.54) is 36.0 Å². The first-order chi connectivity index (χ1) is 12.8. The van der Waals surface area contributed by atoms with Gasteiger partial charge in [0.15, 0.2) is 0 Å². The second-order valence-corrected chi connectivity index (χ2v) is 6.07. The Bertz CT molecular complexity index is 873. The molecule has 0 aliphatic carbocycles. The summed E-state index contributed by atoms with van der Waals surface area (Å²) in [4.78, 5) is 16.5. The van der Waals surface area contributed by atoms with Gasteiger partial charge in [-0.3, -0.25) is 0 Å². The van der Waals surface area contributed by atoms with Gasteiger partial charge in [0.2, 0.25) is 0 Å². The number of ether oxygens (including phenoxy) is 2. The van der Waals surface area contributed by atoms with Crippen molar-refractivity contribution in [2.24, 2.45) is 0 Å². The van der Waals surface area contributed by atoms with Crippen LogP contribution < -0.4 is 4.74 Å². The van der Waals surface area contributed by atoms with E-state index in [2.05, 4.69) is 4.98 Å². The van der Waals surface area contributed by atoms with Crippen LogP contribution in [0.25, 0.3) is 6.08 Å². The smallest absolute Gasteiger partial charge is 0.434 e. The zero-order chi connectivity index (χ0) is 19.7. The third kappa shape index (κ3) is 3.31. The summed E-state index contributed by atoms with van der Waals surface area (Å²) in [6.45, 7) is 2.64. The van der Waals surface area contributed by atoms with Crippen LogP contribution in [0, 0.1) is 0 Å². The Hall–Kier alpha value is -2.77. The van der Waals surface area contributed by atoms with Crippen molar-refractivity contribution in [1.29, 1.82) is 0 Å². The van der Waals surface area contributed by atoms with E-state index in [9.17, 15) is 18.0 Å². The third-order valence-corrected chi connectivity index (χ3v) is 4.40. The summed E-state index contributed by atoms with van der Waals surface area (Å²) in [6.07, 6.45) is -0.357. The maximum absolute atomic E-state index is 14.4. The van der Waals surface area contributed by atoms with Gasteiger partial charge in [-0.1, -0.05) is 25.1 Å². The number of hydrogen-bond acceptors (Lipinski definition) is 4. The monoisotopic (exact) mass is 380 g/mol. The molecule has 8 heteroatoms. The van der Waals surface area contributed by atoms with Gasteiger partial charge in [-0.25, -0.2) is 9.78 Å². The number of benzene rings is 1. The van der Waals surface area contributed by atoms with E-state index in [4.69, 9.17) is 9.47 Å². The zero-order valence-corrected chi connectivity index (χ0v) is 14.9. The minimum Gasteiger partial charge on any atom is -0.470 e. The molecule has 1 aromatic carbocycles. The van der Waals surface area contributed by atoms with Crippen LogP contribution in [0.4, 0.5) is 13.2 Å². The quantitative estimate of drug-likeness (QED) is 0.741. The SMILES string of the molecule is CCOC(=O)C1=Cc2ccccc2OC1(Cn1ccnc1CC)C(F)(F)F. The second-order valence-electron chi connectivity index (χ2n) is 6.07. The van der Waals surface area contributed by atoms with Crippen LogP contribution in [0.5, 0.6) is 5.75 Å². The average Bonchev–Trinajstić information content (AvgIpc) is 3.07. The molecular weight excluding hydrogens is 361 g/mol. The number of carbonyl (C=O) groups is 1. The van der Waals surface area contributed by atoms with Gasteiger partial charge in [-0.15, -0.1) is 0 Å². The first-order valence-electron chi connectivity index (χ1n) is 8.56. The standard InChI is InChI=1S/C19H19F3N2O3/c1-3-16-23-9-10-24(16)12-18(19(20,21)22)14(17(25)26-4-2)11-13-7-5-6-8-15(13)27-18/h5-11H,3-4,12H2,1-2H3. The van der Waals surface area contributed by atoms with Crippen LogP contribution in [0.1, 0.15) is 25.2 Å². The molecule has 1 unspecified atom stereocenters. The van der Waals surface area contributed by atoms with Crippen molar-refractivity contribution >= 4 is 12.0 Å². The van der Waals surface area contributed by atoms with Crippen molar-refractivity contribution in [3.05, 3.63) is 53.6 Å². The van der Waals surface area contributed by atoms with Gasteiger partial charge in [0.1, 0.15) is 11.6 Å². The molecule has 0 radical (unpaired) electrons. The summed E-state index contributed by atoms with van der Waals surface area (Å²) in [6, 6.07) is 6.28. The third-order valence-electron chi connectivity index (χ3n) is 4.40. The van der Waals surface area contributed by atoms with Crippen molar-refractivity contribution in [1.82, 2.24) is 9.55 Å². The summed E-state index contributed by atoms with van der Waals surface area (Å²) in [5, 5.41) is 0. The molecule has 0 N–H and O–H groups in total. The van der Waals surface area contributed by atoms with Gasteiger partial charge >= 0.3 is 12.1 Å². The molecule has 1 atom stereocenters. The van der Waals surface area contributed by atoms with Gasteiger partial charge < -0.3 is 14.0 Å². The molecular formula is C19H19F3N2O3. The van der Waals surface area contributed by atoms with E-state index in [0.29, 0.717) is 17.8 Å². The van der Waals surface area contributed by atoms with Crippen molar-refractivity contribution in [3.63, 3.8) is 0 Å². The van der Waals surface area contributed by atoms with Gasteiger partial charge in [-0.2, -0.15) is 13.2 Å². The highest BCUT2D eigenvalue weighted by molar-refractivity contribution is 5.97. The lowest BCUT2D eigenvalue weighted by atomic mass is 9.87. The van der Waals surface area contributed by atoms with Crippen LogP contribution in [0.15, 0.2) is 42.2 Å². The number of rotatable bonds is 5. The summed E-state index contributed by atoms with van der Waals surface area (Å²) >= 11 is 0. The molecule has 5 nitrogen and oxygen atoms in total. The molecule has 3 rings (SSSR count). The van der Waals surface area contributed by atoms with Crippen molar-refractivity contribution in [3.8, 4) is 5.75 Å². The summed E-state index contributed by atoms with van der Waals surface area (Å²) in [5.74, 6) is -0.534. The average molecular weight is 380 g/mol. The molecule has 27 heavy (non-hydrogen) atoms. The molecule has 1 aliphatic rings. The number of aryl methyl sites for hydroxylation is 1. The van der Waals surface area contributed by atoms with Crippen LogP contribution in [0.3, 0.4) is 0 Å². The lowest BCUT2D eigenvalue weighted by Gasteiger charge is -2.40. The summed E-state index contributed by atoms with van der Waals surface area (Å²) < 4.78 is 54.8. The fraction of sp³-hybridized carbons (Fsp3) is 0.368. The Morgan fingerprint density at radius 2 is 2.04 bits per heavy atom. The number of hydrogen-bond donors (Lipinski definition) is 0. The number of imidazole rings is 1. The molecule has 2 aromatic rings. The molecule has 0 bridgehead atoms. The van der Waals surface area contributed by atoms with E-state index in [1.54, 1.807) is 25.1 Å². The lowest BCUT2D eigenvalue weighted by molar-refractivity contribution is -0.240. The van der Waals surface area contributed by atoms with Gasteiger partial charge in [0.25, 0.3) is 5.60 Å². The Morgan fingerprint density at radius 1 is 1.30 bits per heavy atom. The van der Waals surface area contributed by atoms with Crippen LogP contribution in [-0.4, -0.2) is 33.9 Å². The maximum Gasteiger partial charge on any atom is 0.434 e. The van der Waals surface area contributed by atoms with Gasteiger partial charge in [0, 0.05) is 24.4 Å². The van der Waals surface area contributed by atoms with Crippen LogP contribution in [0.2, 0.25) is 0 Å². The number of nitrogens with zero attached hydrogens (tertiary/aromatic N) is 2. The Morgan fingerprint density at radius 3 is 2.70 bits per heavy atom. The number of esters is 1. The van der Waals surface area contributed by atoms with Crippen molar-refractivity contribution < 1.29 is 27.4 Å². The molecule has 0 amide bonds. The lowest BCUT2D eigenvalue weighted by Crippen LogP contribution is -2.57. The predicted octanol–water partition coefficient (Wildman–Crippen LogP) is 3.79. The van der Waals surface area contributed by atoms with E-state index in [-0.39, 0.29) is 12.4 Å². The minimum atomic E-state index is -4.87. The molecule has 144 valence electrons. The maximum atomic E-state index is 14.4. The highest BCUT2D eigenvalue weighted by Gasteiger charge is 2.63. The predicted molar refractivity (Wildman–Crippen MR) is 92.1 cm³/mol. The fourth-order valence-electron chi connectivity index (χ4n) is 3.10. The van der Waals surface area contributed by atoms with Gasteiger partial charge in [-0.05, 0) is 19.1 Å². The number of para-hydroxylation sites is 1. The number of aromatic nitrogens is 2. The largest absolute Gasteiger partial charge is 0.470 e. The second kappa shape index (κ2) is 7.09. The fourth-order valence-corrected chi connectivity index (χ4v) is 3.10. The Balaban J connectivity index is 2.19. The number of alkyl halides is 3. The highest BCUT2D eigenvalue weighted by Crippen LogP contribution is 2.46. The molecule has 1 aromatic heterocycles. The summed E-state index contributed by atoms with van der Waals surface area (Å²) in [5.41, 5.74) is -3.06. The molecule has 0 saturated heterocycles.